The fourth-order valence-corrected chi connectivity index (χ4v) is 2.52. The van der Waals surface area contributed by atoms with Crippen molar-refractivity contribution in [1.82, 2.24) is 9.97 Å². The van der Waals surface area contributed by atoms with Gasteiger partial charge < -0.3 is 10.1 Å². The standard InChI is InChI=1S/C13H14N2O2S/c1-2-10(16)9-5-3-4-6-11(9)18-13-14-8-7-12(17)15-13/h3-8,10,16H,2H2,1H3,(H,14,15,17). The van der Waals surface area contributed by atoms with Crippen LogP contribution in [-0.2, 0) is 0 Å². The number of rotatable bonds is 4. The van der Waals surface area contributed by atoms with Gasteiger partial charge in [0.25, 0.3) is 5.56 Å². The molecule has 0 aliphatic heterocycles. The molecule has 0 saturated carbocycles. The summed E-state index contributed by atoms with van der Waals surface area (Å²) in [6.45, 7) is 1.93. The lowest BCUT2D eigenvalue weighted by Crippen LogP contribution is -2.05. The van der Waals surface area contributed by atoms with E-state index in [-0.39, 0.29) is 5.56 Å². The van der Waals surface area contributed by atoms with Crippen LogP contribution < -0.4 is 5.56 Å². The first kappa shape index (κ1) is 12.9. The van der Waals surface area contributed by atoms with E-state index in [1.165, 1.54) is 24.0 Å². The quantitative estimate of drug-likeness (QED) is 0.830. The van der Waals surface area contributed by atoms with Crippen LogP contribution in [0.3, 0.4) is 0 Å². The summed E-state index contributed by atoms with van der Waals surface area (Å²) in [5, 5.41) is 10.5. The highest BCUT2D eigenvalue weighted by atomic mass is 32.2. The maximum absolute atomic E-state index is 11.2. The Hall–Kier alpha value is -1.59. The molecule has 5 heteroatoms. The number of aliphatic hydroxyl groups excluding tert-OH is 1. The molecule has 1 heterocycles. The van der Waals surface area contributed by atoms with Gasteiger partial charge in [-0.15, -0.1) is 0 Å². The molecule has 1 unspecified atom stereocenters. The van der Waals surface area contributed by atoms with Crippen LogP contribution in [0.4, 0.5) is 0 Å². The van der Waals surface area contributed by atoms with Gasteiger partial charge in [0.15, 0.2) is 5.16 Å². The summed E-state index contributed by atoms with van der Waals surface area (Å²) in [5.74, 6) is 0. The summed E-state index contributed by atoms with van der Waals surface area (Å²) in [7, 11) is 0. The maximum atomic E-state index is 11.2. The van der Waals surface area contributed by atoms with E-state index in [1.54, 1.807) is 0 Å². The van der Waals surface area contributed by atoms with E-state index in [9.17, 15) is 9.90 Å². The molecule has 2 aromatic rings. The van der Waals surface area contributed by atoms with Crippen LogP contribution in [0.15, 0.2) is 51.4 Å². The summed E-state index contributed by atoms with van der Waals surface area (Å²) >= 11 is 1.35. The molecule has 94 valence electrons. The van der Waals surface area contributed by atoms with Crippen molar-refractivity contribution in [2.75, 3.05) is 0 Å². The Balaban J connectivity index is 2.31. The van der Waals surface area contributed by atoms with E-state index in [4.69, 9.17) is 0 Å². The van der Waals surface area contributed by atoms with E-state index >= 15 is 0 Å². The van der Waals surface area contributed by atoms with Crippen LogP contribution in [-0.4, -0.2) is 15.1 Å². The topological polar surface area (TPSA) is 66.0 Å². The highest BCUT2D eigenvalue weighted by molar-refractivity contribution is 7.99. The molecule has 2 N–H and O–H groups in total. The Bertz CT molecular complexity index is 583. The smallest absolute Gasteiger partial charge is 0.251 e. The predicted octanol–water partition coefficient (Wildman–Crippen LogP) is 2.36. The molecule has 0 spiro atoms. The van der Waals surface area contributed by atoms with Crippen LogP contribution in [0.5, 0.6) is 0 Å². The predicted molar refractivity (Wildman–Crippen MR) is 70.7 cm³/mol. The minimum atomic E-state index is -0.496. The van der Waals surface area contributed by atoms with Gasteiger partial charge in [0.05, 0.1) is 6.10 Å². The number of hydrogen-bond donors (Lipinski definition) is 2. The first-order chi connectivity index (χ1) is 8.70. The van der Waals surface area contributed by atoms with Crippen molar-refractivity contribution in [2.24, 2.45) is 0 Å². The van der Waals surface area contributed by atoms with Crippen molar-refractivity contribution in [3.8, 4) is 0 Å². The van der Waals surface area contributed by atoms with Crippen molar-refractivity contribution >= 4 is 11.8 Å². The minimum absolute atomic E-state index is 0.180. The minimum Gasteiger partial charge on any atom is -0.388 e. The molecule has 2 rings (SSSR count). The molecule has 18 heavy (non-hydrogen) atoms. The van der Waals surface area contributed by atoms with Crippen molar-refractivity contribution in [1.29, 1.82) is 0 Å². The third-order valence-corrected chi connectivity index (χ3v) is 3.51. The molecule has 0 aliphatic rings. The summed E-state index contributed by atoms with van der Waals surface area (Å²) in [6.07, 6.45) is 1.63. The lowest BCUT2D eigenvalue weighted by molar-refractivity contribution is 0.171. The monoisotopic (exact) mass is 262 g/mol. The molecule has 0 radical (unpaired) electrons. The molecule has 1 atom stereocenters. The number of aromatic amines is 1. The van der Waals surface area contributed by atoms with Gasteiger partial charge in [-0.05, 0) is 18.1 Å². The number of aromatic nitrogens is 2. The molecule has 0 saturated heterocycles. The Morgan fingerprint density at radius 1 is 1.39 bits per heavy atom. The molecule has 4 nitrogen and oxygen atoms in total. The van der Waals surface area contributed by atoms with Crippen molar-refractivity contribution in [2.45, 2.75) is 29.5 Å². The zero-order valence-corrected chi connectivity index (χ0v) is 10.8. The van der Waals surface area contributed by atoms with Gasteiger partial charge in [-0.25, -0.2) is 4.98 Å². The van der Waals surface area contributed by atoms with Crippen molar-refractivity contribution in [3.63, 3.8) is 0 Å². The maximum Gasteiger partial charge on any atom is 0.251 e. The molecule has 1 aromatic carbocycles. The first-order valence-electron chi connectivity index (χ1n) is 5.71. The van der Waals surface area contributed by atoms with Gasteiger partial charge in [0.2, 0.25) is 0 Å². The Labute approximate surface area is 109 Å². The number of nitrogens with one attached hydrogen (secondary N) is 1. The zero-order chi connectivity index (χ0) is 13.0. The number of aliphatic hydroxyl groups is 1. The number of nitrogens with zero attached hydrogens (tertiary/aromatic N) is 1. The highest BCUT2D eigenvalue weighted by Crippen LogP contribution is 2.31. The van der Waals surface area contributed by atoms with Crippen molar-refractivity contribution in [3.05, 3.63) is 52.4 Å². The second kappa shape index (κ2) is 5.84. The van der Waals surface area contributed by atoms with Crippen molar-refractivity contribution < 1.29 is 5.11 Å². The second-order valence-electron chi connectivity index (χ2n) is 3.80. The van der Waals surface area contributed by atoms with Gasteiger partial charge >= 0.3 is 0 Å². The summed E-state index contributed by atoms with van der Waals surface area (Å²) in [4.78, 5) is 18.8. The number of benzene rings is 1. The fourth-order valence-electron chi connectivity index (χ4n) is 1.58. The second-order valence-corrected chi connectivity index (χ2v) is 4.83. The van der Waals surface area contributed by atoms with Gasteiger partial charge in [0.1, 0.15) is 0 Å². The van der Waals surface area contributed by atoms with Crippen LogP contribution >= 0.6 is 11.8 Å². The summed E-state index contributed by atoms with van der Waals surface area (Å²) in [5.41, 5.74) is 0.678. The van der Waals surface area contributed by atoms with E-state index in [2.05, 4.69) is 9.97 Å². The van der Waals surface area contributed by atoms with Crippen LogP contribution in [0, 0.1) is 0 Å². The van der Waals surface area contributed by atoms with Crippen LogP contribution in [0.25, 0.3) is 0 Å². The van der Waals surface area contributed by atoms with E-state index in [0.717, 1.165) is 10.5 Å². The first-order valence-corrected chi connectivity index (χ1v) is 6.52. The SMILES string of the molecule is CCC(O)c1ccccc1Sc1nccc(=O)[nH]1. The lowest BCUT2D eigenvalue weighted by Gasteiger charge is -2.12. The number of hydrogen-bond acceptors (Lipinski definition) is 4. The van der Waals surface area contributed by atoms with E-state index < -0.39 is 6.10 Å². The summed E-state index contributed by atoms with van der Waals surface area (Å²) in [6, 6.07) is 8.95. The highest BCUT2D eigenvalue weighted by Gasteiger charge is 2.11. The van der Waals surface area contributed by atoms with E-state index in [0.29, 0.717) is 11.6 Å². The molecule has 0 aliphatic carbocycles. The third kappa shape index (κ3) is 3.00. The molecule has 0 amide bonds. The van der Waals surface area contributed by atoms with Crippen LogP contribution in [0.2, 0.25) is 0 Å². The van der Waals surface area contributed by atoms with Gasteiger partial charge in [-0.2, -0.15) is 0 Å². The Morgan fingerprint density at radius 3 is 2.89 bits per heavy atom. The Morgan fingerprint density at radius 2 is 2.17 bits per heavy atom. The molecule has 0 fully saturated rings. The summed E-state index contributed by atoms with van der Waals surface area (Å²) < 4.78 is 0. The lowest BCUT2D eigenvalue weighted by atomic mass is 10.1. The van der Waals surface area contributed by atoms with Gasteiger partial charge in [-0.3, -0.25) is 4.79 Å². The largest absolute Gasteiger partial charge is 0.388 e. The average molecular weight is 262 g/mol. The zero-order valence-electron chi connectivity index (χ0n) is 9.96. The third-order valence-electron chi connectivity index (χ3n) is 2.52. The number of H-pyrrole nitrogens is 1. The molecule has 0 bridgehead atoms. The fraction of sp³-hybridized carbons (Fsp3) is 0.231. The molecular weight excluding hydrogens is 248 g/mol. The molecule has 1 aromatic heterocycles. The molecular formula is C13H14N2O2S. The normalized spacial score (nSPS) is 12.3. The van der Waals surface area contributed by atoms with E-state index in [1.807, 2.05) is 31.2 Å². The Kier molecular flexibility index (Phi) is 4.17. The average Bonchev–Trinajstić information content (AvgIpc) is 2.38. The van der Waals surface area contributed by atoms with Crippen LogP contribution in [0.1, 0.15) is 25.0 Å². The van der Waals surface area contributed by atoms with Gasteiger partial charge in [-0.1, -0.05) is 36.9 Å². The van der Waals surface area contributed by atoms with Gasteiger partial charge in [0, 0.05) is 17.2 Å².